The number of carbonyl (C=O) groups excluding carboxylic acids is 1. The second-order valence-corrected chi connectivity index (χ2v) is 8.48. The lowest BCUT2D eigenvalue weighted by atomic mass is 10.3. The van der Waals surface area contributed by atoms with Crippen LogP contribution >= 0.6 is 35.5 Å². The Balaban J connectivity index is 0.00000300. The average molecular weight is 456 g/mol. The Hall–Kier alpha value is -1.87. The van der Waals surface area contributed by atoms with Gasteiger partial charge in [0.15, 0.2) is 5.13 Å². The Kier molecular flexibility index (Phi) is 8.70. The van der Waals surface area contributed by atoms with E-state index >= 15 is 0 Å². The van der Waals surface area contributed by atoms with Gasteiger partial charge in [0.1, 0.15) is 11.6 Å². The van der Waals surface area contributed by atoms with Gasteiger partial charge in [-0.3, -0.25) is 9.69 Å². The summed E-state index contributed by atoms with van der Waals surface area (Å²) < 4.78 is 19.3. The van der Waals surface area contributed by atoms with Crippen molar-refractivity contribution in [3.63, 3.8) is 0 Å². The Bertz CT molecular complexity index is 951. The first-order chi connectivity index (χ1) is 13.5. The van der Waals surface area contributed by atoms with Crippen LogP contribution in [0.25, 0.3) is 10.2 Å². The molecule has 0 saturated heterocycles. The van der Waals surface area contributed by atoms with Gasteiger partial charge in [-0.2, -0.15) is 0 Å². The van der Waals surface area contributed by atoms with Gasteiger partial charge >= 0.3 is 0 Å². The molecule has 0 N–H and O–H groups in total. The summed E-state index contributed by atoms with van der Waals surface area (Å²) in [6.45, 7) is 1.28. The molecule has 9 heteroatoms. The molecule has 1 heterocycles. The lowest BCUT2D eigenvalue weighted by Gasteiger charge is -2.21. The Labute approximate surface area is 184 Å². The third kappa shape index (κ3) is 6.30. The van der Waals surface area contributed by atoms with E-state index in [1.807, 2.05) is 37.2 Å². The third-order valence-corrected chi connectivity index (χ3v) is 6.10. The SMILES string of the molecule is COc1ccc2nc(N(CCN(C)C)C(=O)CSc3ccc(F)cc3)sc2c1.Cl. The number of ether oxygens (including phenoxy) is 1. The molecule has 0 saturated carbocycles. The molecule has 1 aromatic heterocycles. The van der Waals surface area contributed by atoms with Crippen molar-refractivity contribution in [2.24, 2.45) is 0 Å². The fraction of sp³-hybridized carbons (Fsp3) is 0.300. The van der Waals surface area contributed by atoms with E-state index in [2.05, 4.69) is 4.98 Å². The van der Waals surface area contributed by atoms with Crippen molar-refractivity contribution in [3.8, 4) is 5.75 Å². The summed E-state index contributed by atoms with van der Waals surface area (Å²) in [6, 6.07) is 11.9. The Morgan fingerprint density at radius 1 is 1.17 bits per heavy atom. The van der Waals surface area contributed by atoms with E-state index in [0.29, 0.717) is 11.7 Å². The van der Waals surface area contributed by atoms with Crippen LogP contribution in [0.1, 0.15) is 0 Å². The summed E-state index contributed by atoms with van der Waals surface area (Å²) >= 11 is 2.87. The number of halogens is 2. The maximum Gasteiger partial charge on any atom is 0.239 e. The number of methoxy groups -OCH3 is 1. The first-order valence-electron chi connectivity index (χ1n) is 8.74. The molecule has 0 unspecified atom stereocenters. The van der Waals surface area contributed by atoms with Crippen LogP contribution < -0.4 is 9.64 Å². The van der Waals surface area contributed by atoms with E-state index in [1.54, 1.807) is 24.1 Å². The molecule has 0 fully saturated rings. The van der Waals surface area contributed by atoms with Gasteiger partial charge in [-0.05, 0) is 56.6 Å². The van der Waals surface area contributed by atoms with Crippen LogP contribution in [0.2, 0.25) is 0 Å². The number of amides is 1. The lowest BCUT2D eigenvalue weighted by Crippen LogP contribution is -2.37. The molecule has 0 aliphatic heterocycles. The average Bonchev–Trinajstić information content (AvgIpc) is 3.10. The summed E-state index contributed by atoms with van der Waals surface area (Å²) in [5.41, 5.74) is 0.842. The molecule has 0 spiro atoms. The topological polar surface area (TPSA) is 45.7 Å². The number of thiazole rings is 1. The molecule has 0 bridgehead atoms. The van der Waals surface area contributed by atoms with Gasteiger partial charge < -0.3 is 9.64 Å². The number of benzene rings is 2. The van der Waals surface area contributed by atoms with E-state index in [9.17, 15) is 9.18 Å². The number of hydrogen-bond acceptors (Lipinski definition) is 6. The van der Waals surface area contributed by atoms with Gasteiger partial charge in [0.25, 0.3) is 0 Å². The normalized spacial score (nSPS) is 10.8. The molecule has 0 atom stereocenters. The molecular weight excluding hydrogens is 433 g/mol. The number of likely N-dealkylation sites (N-methyl/N-ethyl adjacent to an activating group) is 1. The zero-order valence-electron chi connectivity index (χ0n) is 16.4. The fourth-order valence-electron chi connectivity index (χ4n) is 2.52. The predicted molar refractivity (Wildman–Crippen MR) is 121 cm³/mol. The molecular formula is C20H23ClFN3O2S2. The standard InChI is InChI=1S/C20H22FN3O2S2.ClH/c1-23(2)10-11-24(19(25)13-27-16-7-4-14(21)5-8-16)20-22-17-9-6-15(26-3)12-18(17)28-20;/h4-9,12H,10-11,13H2,1-3H3;1H. The summed E-state index contributed by atoms with van der Waals surface area (Å²) in [6.07, 6.45) is 0. The molecule has 0 aliphatic rings. The fourth-order valence-corrected chi connectivity index (χ4v) is 4.33. The summed E-state index contributed by atoms with van der Waals surface area (Å²) in [4.78, 5) is 22.2. The maximum atomic E-state index is 13.1. The van der Waals surface area contributed by atoms with Crippen LogP contribution in [-0.4, -0.2) is 55.8 Å². The minimum absolute atomic E-state index is 0. The summed E-state index contributed by atoms with van der Waals surface area (Å²) in [5.74, 6) is 0.717. The van der Waals surface area contributed by atoms with Crippen LogP contribution in [-0.2, 0) is 4.79 Å². The van der Waals surface area contributed by atoms with Gasteiger partial charge in [0, 0.05) is 18.0 Å². The highest BCUT2D eigenvalue weighted by atomic mass is 35.5. The number of fused-ring (bicyclic) bond motifs is 1. The zero-order chi connectivity index (χ0) is 20.1. The zero-order valence-corrected chi connectivity index (χ0v) is 18.9. The highest BCUT2D eigenvalue weighted by Gasteiger charge is 2.20. The van der Waals surface area contributed by atoms with Gasteiger partial charge in [-0.15, -0.1) is 24.2 Å². The second kappa shape index (κ2) is 10.8. The van der Waals surface area contributed by atoms with Gasteiger partial charge in [-0.1, -0.05) is 11.3 Å². The number of thioether (sulfide) groups is 1. The quantitative estimate of drug-likeness (QED) is 0.466. The highest BCUT2D eigenvalue weighted by Crippen LogP contribution is 2.32. The minimum Gasteiger partial charge on any atom is -0.497 e. The molecule has 0 aliphatic carbocycles. The van der Waals surface area contributed by atoms with Crippen LogP contribution in [0.15, 0.2) is 47.4 Å². The minimum atomic E-state index is -0.284. The van der Waals surface area contributed by atoms with E-state index < -0.39 is 0 Å². The van der Waals surface area contributed by atoms with Crippen LogP contribution in [0.3, 0.4) is 0 Å². The largest absolute Gasteiger partial charge is 0.497 e. The van der Waals surface area contributed by atoms with Crippen molar-refractivity contribution in [1.82, 2.24) is 9.88 Å². The second-order valence-electron chi connectivity index (χ2n) is 6.42. The molecule has 29 heavy (non-hydrogen) atoms. The van der Waals surface area contributed by atoms with E-state index in [4.69, 9.17) is 4.74 Å². The Morgan fingerprint density at radius 2 is 1.90 bits per heavy atom. The highest BCUT2D eigenvalue weighted by molar-refractivity contribution is 8.00. The number of carbonyl (C=O) groups is 1. The van der Waals surface area contributed by atoms with Gasteiger partial charge in [0.2, 0.25) is 5.91 Å². The van der Waals surface area contributed by atoms with Crippen molar-refractivity contribution in [2.45, 2.75) is 4.90 Å². The first kappa shape index (κ1) is 23.4. The monoisotopic (exact) mass is 455 g/mol. The molecule has 0 radical (unpaired) electrons. The number of anilines is 1. The number of nitrogens with zero attached hydrogens (tertiary/aromatic N) is 3. The molecule has 5 nitrogen and oxygen atoms in total. The number of aromatic nitrogens is 1. The Morgan fingerprint density at radius 3 is 2.55 bits per heavy atom. The molecule has 3 aromatic rings. The molecule has 2 aromatic carbocycles. The van der Waals surface area contributed by atoms with Gasteiger partial charge in [-0.25, -0.2) is 9.37 Å². The molecule has 156 valence electrons. The van der Waals surface area contributed by atoms with Crippen molar-refractivity contribution in [3.05, 3.63) is 48.3 Å². The van der Waals surface area contributed by atoms with Crippen molar-refractivity contribution in [1.29, 1.82) is 0 Å². The molecule has 3 rings (SSSR count). The lowest BCUT2D eigenvalue weighted by molar-refractivity contribution is -0.116. The van der Waals surface area contributed by atoms with Crippen molar-refractivity contribution < 1.29 is 13.9 Å². The smallest absolute Gasteiger partial charge is 0.239 e. The third-order valence-electron chi connectivity index (χ3n) is 4.06. The van der Waals surface area contributed by atoms with Crippen molar-refractivity contribution in [2.75, 3.05) is 44.9 Å². The van der Waals surface area contributed by atoms with Crippen LogP contribution in [0.4, 0.5) is 9.52 Å². The van der Waals surface area contributed by atoms with E-state index in [-0.39, 0.29) is 29.9 Å². The first-order valence-corrected chi connectivity index (χ1v) is 10.5. The molecule has 1 amide bonds. The van der Waals surface area contributed by atoms with E-state index in [1.165, 1.54) is 35.2 Å². The van der Waals surface area contributed by atoms with Crippen LogP contribution in [0.5, 0.6) is 5.75 Å². The summed E-state index contributed by atoms with van der Waals surface area (Å²) in [5, 5.41) is 0.676. The van der Waals surface area contributed by atoms with Crippen molar-refractivity contribution >= 4 is 56.8 Å². The van der Waals surface area contributed by atoms with Gasteiger partial charge in [0.05, 0.1) is 23.1 Å². The summed E-state index contributed by atoms with van der Waals surface area (Å²) in [7, 11) is 5.57. The maximum absolute atomic E-state index is 13.1. The van der Waals surface area contributed by atoms with E-state index in [0.717, 1.165) is 27.4 Å². The number of hydrogen-bond donors (Lipinski definition) is 0. The van der Waals surface area contributed by atoms with Crippen LogP contribution in [0, 0.1) is 5.82 Å². The predicted octanol–water partition coefficient (Wildman–Crippen LogP) is 4.55. The number of rotatable bonds is 8.